The Morgan fingerprint density at radius 3 is 2.71 bits per heavy atom. The van der Waals surface area contributed by atoms with E-state index in [4.69, 9.17) is 4.84 Å². The number of oxime groups is 1. The molecule has 0 spiro atoms. The molecule has 2 N–H and O–H groups in total. The van der Waals surface area contributed by atoms with Crippen LogP contribution in [0, 0.1) is 0 Å². The Balaban J connectivity index is 2.07. The van der Waals surface area contributed by atoms with Gasteiger partial charge in [0.1, 0.15) is 6.10 Å². The predicted molar refractivity (Wildman–Crippen MR) is 76.3 cm³/mol. The number of carboxylic acid groups (broad SMARTS) is 1. The molecule has 2 rings (SSSR count). The number of nitrogens with zero attached hydrogens (tertiary/aromatic N) is 3. The van der Waals surface area contributed by atoms with E-state index in [0.29, 0.717) is 6.41 Å². The fourth-order valence-electron chi connectivity index (χ4n) is 2.08. The van der Waals surface area contributed by atoms with Crippen LogP contribution in [-0.4, -0.2) is 38.7 Å². The third-order valence-corrected chi connectivity index (χ3v) is 3.76. The summed E-state index contributed by atoms with van der Waals surface area (Å²) in [5.41, 5.74) is -0.352. The summed E-state index contributed by atoms with van der Waals surface area (Å²) in [7, 11) is 0. The van der Waals surface area contributed by atoms with Crippen molar-refractivity contribution in [3.05, 3.63) is 5.82 Å². The number of rotatable bonds is 6. The molecule has 1 saturated carbocycles. The second-order valence-electron chi connectivity index (χ2n) is 4.65. The lowest BCUT2D eigenvalue weighted by Gasteiger charge is -2.11. The smallest absolute Gasteiger partial charge is 0.362 e. The highest BCUT2D eigenvalue weighted by Crippen LogP contribution is 2.20. The molecule has 1 aliphatic rings. The number of carboxylic acids is 1. The highest BCUT2D eigenvalue weighted by atomic mass is 32.1. The van der Waals surface area contributed by atoms with E-state index < -0.39 is 5.97 Å². The lowest BCUT2D eigenvalue weighted by Crippen LogP contribution is -2.19. The number of hydrogen-bond acceptors (Lipinski definition) is 7. The van der Waals surface area contributed by atoms with E-state index in [1.807, 2.05) is 0 Å². The highest BCUT2D eigenvalue weighted by Gasteiger charge is 2.21. The molecular weight excluding hydrogens is 296 g/mol. The van der Waals surface area contributed by atoms with Crippen LogP contribution in [0.3, 0.4) is 0 Å². The average molecular weight is 312 g/mol. The molecule has 0 aromatic carbocycles. The first-order chi connectivity index (χ1) is 10.2. The Hall–Kier alpha value is -2.03. The van der Waals surface area contributed by atoms with Gasteiger partial charge in [-0.15, -0.1) is 0 Å². The third kappa shape index (κ3) is 4.48. The largest absolute Gasteiger partial charge is 0.476 e. The van der Waals surface area contributed by atoms with Crippen molar-refractivity contribution < 1.29 is 19.5 Å². The Kier molecular flexibility index (Phi) is 5.61. The van der Waals surface area contributed by atoms with Crippen molar-refractivity contribution in [2.24, 2.45) is 5.16 Å². The van der Waals surface area contributed by atoms with Crippen molar-refractivity contribution in [1.29, 1.82) is 0 Å². The second-order valence-corrected chi connectivity index (χ2v) is 5.40. The van der Waals surface area contributed by atoms with Gasteiger partial charge in [0.15, 0.2) is 0 Å². The minimum atomic E-state index is -1.26. The topological polar surface area (TPSA) is 114 Å². The molecule has 1 aliphatic carbocycles. The summed E-state index contributed by atoms with van der Waals surface area (Å²) in [5.74, 6) is -1.33. The lowest BCUT2D eigenvalue weighted by molar-refractivity contribution is -0.129. The molecule has 114 valence electrons. The molecule has 1 aromatic heterocycles. The minimum absolute atomic E-state index is 0.0620. The maximum absolute atomic E-state index is 11.2. The number of anilines is 1. The first-order valence-corrected chi connectivity index (χ1v) is 7.49. The molecule has 8 nitrogen and oxygen atoms in total. The number of aromatic nitrogens is 2. The van der Waals surface area contributed by atoms with Crippen molar-refractivity contribution in [1.82, 2.24) is 9.36 Å². The number of amides is 1. The first-order valence-electron chi connectivity index (χ1n) is 6.72. The van der Waals surface area contributed by atoms with Crippen LogP contribution in [0.1, 0.15) is 44.3 Å². The number of carbonyl (C=O) groups excluding carboxylic acids is 1. The van der Waals surface area contributed by atoms with E-state index in [1.165, 1.54) is 12.8 Å². The van der Waals surface area contributed by atoms with Crippen LogP contribution in [-0.2, 0) is 14.4 Å². The quantitative estimate of drug-likeness (QED) is 0.357. The van der Waals surface area contributed by atoms with Gasteiger partial charge >= 0.3 is 5.97 Å². The summed E-state index contributed by atoms with van der Waals surface area (Å²) in [6.45, 7) is 0. The Labute approximate surface area is 125 Å². The Morgan fingerprint density at radius 2 is 2.10 bits per heavy atom. The van der Waals surface area contributed by atoms with Gasteiger partial charge in [-0.25, -0.2) is 4.79 Å². The summed E-state index contributed by atoms with van der Waals surface area (Å²) in [6, 6.07) is 0. The summed E-state index contributed by atoms with van der Waals surface area (Å²) in [5, 5.41) is 15.4. The molecule has 0 radical (unpaired) electrons. The summed E-state index contributed by atoms with van der Waals surface area (Å²) in [6.07, 6.45) is 6.60. The molecule has 1 heterocycles. The fraction of sp³-hybridized carbons (Fsp3) is 0.583. The van der Waals surface area contributed by atoms with Gasteiger partial charge in [-0.3, -0.25) is 4.79 Å². The summed E-state index contributed by atoms with van der Waals surface area (Å²) in [4.78, 5) is 30.8. The van der Waals surface area contributed by atoms with Crippen LogP contribution < -0.4 is 5.32 Å². The molecular formula is C12H16N4O4S. The second kappa shape index (κ2) is 7.67. The van der Waals surface area contributed by atoms with Gasteiger partial charge in [-0.05, 0) is 25.7 Å². The maximum Gasteiger partial charge on any atom is 0.362 e. The Bertz CT molecular complexity index is 523. The maximum atomic E-state index is 11.2. The lowest BCUT2D eigenvalue weighted by atomic mass is 10.2. The van der Waals surface area contributed by atoms with Crippen LogP contribution in [0.25, 0.3) is 0 Å². The molecule has 1 amide bonds. The zero-order valence-electron chi connectivity index (χ0n) is 11.3. The van der Waals surface area contributed by atoms with Crippen molar-refractivity contribution in [2.75, 3.05) is 5.32 Å². The van der Waals surface area contributed by atoms with Crippen LogP contribution >= 0.6 is 11.5 Å². The van der Waals surface area contributed by atoms with Gasteiger partial charge in [0.2, 0.25) is 23.1 Å². The molecule has 21 heavy (non-hydrogen) atoms. The standard InChI is InChI=1S/C12H16N4O4S/c17-7-13-12-14-10(16-21-12)9(11(18)19)15-20-8-5-3-1-2-4-6-8/h7-8H,1-6H2,(H,18,19)(H,13,14,16,17)/b15-9-. The van der Waals surface area contributed by atoms with E-state index >= 15 is 0 Å². The van der Waals surface area contributed by atoms with Gasteiger partial charge in [0, 0.05) is 11.5 Å². The summed E-state index contributed by atoms with van der Waals surface area (Å²) < 4.78 is 3.86. The zero-order valence-corrected chi connectivity index (χ0v) is 12.1. The monoisotopic (exact) mass is 312 g/mol. The van der Waals surface area contributed by atoms with E-state index in [2.05, 4.69) is 19.8 Å². The van der Waals surface area contributed by atoms with Crippen LogP contribution in [0.4, 0.5) is 5.13 Å². The zero-order chi connectivity index (χ0) is 15.1. The molecule has 0 unspecified atom stereocenters. The number of nitrogens with one attached hydrogen (secondary N) is 1. The molecule has 0 saturated heterocycles. The van der Waals surface area contributed by atoms with Crippen LogP contribution in [0.2, 0.25) is 0 Å². The van der Waals surface area contributed by atoms with Crippen molar-refractivity contribution >= 4 is 34.8 Å². The fourth-order valence-corrected chi connectivity index (χ4v) is 2.61. The van der Waals surface area contributed by atoms with Gasteiger partial charge < -0.3 is 15.3 Å². The molecule has 0 aliphatic heterocycles. The van der Waals surface area contributed by atoms with Gasteiger partial charge in [0.05, 0.1) is 0 Å². The Morgan fingerprint density at radius 1 is 1.38 bits per heavy atom. The van der Waals surface area contributed by atoms with Crippen molar-refractivity contribution in [2.45, 2.75) is 44.6 Å². The van der Waals surface area contributed by atoms with Gasteiger partial charge in [0.25, 0.3) is 0 Å². The van der Waals surface area contributed by atoms with E-state index in [9.17, 15) is 14.7 Å². The van der Waals surface area contributed by atoms with E-state index in [1.54, 1.807) is 0 Å². The van der Waals surface area contributed by atoms with Crippen molar-refractivity contribution in [3.8, 4) is 0 Å². The summed E-state index contributed by atoms with van der Waals surface area (Å²) >= 11 is 0.881. The van der Waals surface area contributed by atoms with Gasteiger partial charge in [-0.2, -0.15) is 9.36 Å². The minimum Gasteiger partial charge on any atom is -0.476 e. The molecule has 9 heteroatoms. The average Bonchev–Trinajstić information content (AvgIpc) is 2.74. The number of hydrogen-bond donors (Lipinski definition) is 2. The molecule has 0 bridgehead atoms. The molecule has 1 fully saturated rings. The predicted octanol–water partition coefficient (Wildman–Crippen LogP) is 1.63. The molecule has 0 atom stereocenters. The van der Waals surface area contributed by atoms with Crippen LogP contribution in [0.15, 0.2) is 5.16 Å². The number of carbonyl (C=O) groups is 2. The first kappa shape index (κ1) is 15.4. The van der Waals surface area contributed by atoms with E-state index in [0.717, 1.165) is 37.2 Å². The van der Waals surface area contributed by atoms with E-state index in [-0.39, 0.29) is 22.8 Å². The third-order valence-electron chi connectivity index (χ3n) is 3.12. The normalized spacial score (nSPS) is 17.0. The number of aliphatic carboxylic acids is 1. The molecule has 1 aromatic rings. The highest BCUT2D eigenvalue weighted by molar-refractivity contribution is 7.10. The van der Waals surface area contributed by atoms with Gasteiger partial charge in [-0.1, -0.05) is 18.0 Å². The SMILES string of the molecule is O=CNc1nc(/C(=N/OC2CCCCCC2)C(=O)O)ns1. The van der Waals surface area contributed by atoms with Crippen LogP contribution in [0.5, 0.6) is 0 Å². The van der Waals surface area contributed by atoms with Crippen molar-refractivity contribution in [3.63, 3.8) is 0 Å².